The van der Waals surface area contributed by atoms with Gasteiger partial charge in [-0.3, -0.25) is 4.79 Å². The number of ketones is 1. The number of hydrogen-bond donors (Lipinski definition) is 0. The Balaban J connectivity index is 2.53. The van der Waals surface area contributed by atoms with Crippen molar-refractivity contribution in [3.05, 3.63) is 47.8 Å². The molecule has 0 aliphatic rings. The molecule has 1 heterocycles. The van der Waals surface area contributed by atoms with Crippen molar-refractivity contribution < 1.29 is 13.6 Å². The van der Waals surface area contributed by atoms with Gasteiger partial charge in [0.2, 0.25) is 5.95 Å². The summed E-state index contributed by atoms with van der Waals surface area (Å²) in [7, 11) is 0. The van der Waals surface area contributed by atoms with E-state index < -0.39 is 17.5 Å². The van der Waals surface area contributed by atoms with Crippen molar-refractivity contribution in [1.82, 2.24) is 9.78 Å². The van der Waals surface area contributed by atoms with Crippen molar-refractivity contribution >= 4 is 5.78 Å². The van der Waals surface area contributed by atoms with E-state index in [1.54, 1.807) is 0 Å². The van der Waals surface area contributed by atoms with Gasteiger partial charge >= 0.3 is 0 Å². The first kappa shape index (κ1) is 10.5. The van der Waals surface area contributed by atoms with E-state index >= 15 is 0 Å². The smallest absolute Gasteiger partial charge is 0.227 e. The maximum absolute atomic E-state index is 13.7. The third kappa shape index (κ3) is 1.71. The van der Waals surface area contributed by atoms with Gasteiger partial charge in [0, 0.05) is 0 Å². The Kier molecular flexibility index (Phi) is 2.52. The summed E-state index contributed by atoms with van der Waals surface area (Å²) in [5, 5.41) is 3.70. The van der Waals surface area contributed by atoms with Gasteiger partial charge in [-0.25, -0.2) is 9.07 Å². The van der Waals surface area contributed by atoms with Gasteiger partial charge < -0.3 is 0 Å². The zero-order chi connectivity index (χ0) is 11.7. The first-order chi connectivity index (χ1) is 7.59. The Morgan fingerprint density at radius 1 is 1.38 bits per heavy atom. The van der Waals surface area contributed by atoms with Gasteiger partial charge in [0.1, 0.15) is 5.82 Å². The normalized spacial score (nSPS) is 10.4. The van der Waals surface area contributed by atoms with Crippen LogP contribution < -0.4 is 0 Å². The third-order valence-electron chi connectivity index (χ3n) is 2.14. The summed E-state index contributed by atoms with van der Waals surface area (Å²) >= 11 is 0. The van der Waals surface area contributed by atoms with Crippen LogP contribution in [0.2, 0.25) is 0 Å². The van der Waals surface area contributed by atoms with Crippen LogP contribution in [0.15, 0.2) is 30.5 Å². The average Bonchev–Trinajstić information content (AvgIpc) is 2.60. The van der Waals surface area contributed by atoms with Gasteiger partial charge in [-0.1, -0.05) is 6.07 Å². The minimum absolute atomic E-state index is 0.107. The highest BCUT2D eigenvalue weighted by Gasteiger charge is 2.15. The van der Waals surface area contributed by atoms with Crippen LogP contribution in [0.5, 0.6) is 0 Å². The Hall–Kier alpha value is -2.04. The molecule has 0 bridgehead atoms. The highest BCUT2D eigenvalue weighted by molar-refractivity contribution is 5.93. The molecule has 0 spiro atoms. The van der Waals surface area contributed by atoms with Gasteiger partial charge in [-0.2, -0.15) is 9.49 Å². The molecule has 0 saturated carbocycles. The summed E-state index contributed by atoms with van der Waals surface area (Å²) in [4.78, 5) is 11.0. The summed E-state index contributed by atoms with van der Waals surface area (Å²) in [6, 6.07) is 5.33. The molecule has 1 aromatic heterocycles. The molecule has 0 unspecified atom stereocenters. The van der Waals surface area contributed by atoms with Gasteiger partial charge in [0.15, 0.2) is 5.78 Å². The summed E-state index contributed by atoms with van der Waals surface area (Å²) in [5.41, 5.74) is 0.134. The lowest BCUT2D eigenvalue weighted by Gasteiger charge is -2.01. The van der Waals surface area contributed by atoms with E-state index in [1.807, 2.05) is 0 Å². The summed E-state index contributed by atoms with van der Waals surface area (Å²) in [6.45, 7) is 1.25. The zero-order valence-corrected chi connectivity index (χ0v) is 8.45. The third-order valence-corrected chi connectivity index (χ3v) is 2.14. The first-order valence-electron chi connectivity index (χ1n) is 4.60. The van der Waals surface area contributed by atoms with Gasteiger partial charge in [0.25, 0.3) is 0 Å². The number of benzene rings is 1. The number of Topliss-reactive ketones (excluding diaryl/α,β-unsaturated/α-hetero) is 1. The molecule has 0 N–H and O–H groups in total. The molecule has 0 aliphatic carbocycles. The van der Waals surface area contributed by atoms with E-state index in [1.165, 1.54) is 25.1 Å². The van der Waals surface area contributed by atoms with Crippen molar-refractivity contribution in [3.63, 3.8) is 0 Å². The highest BCUT2D eigenvalue weighted by atomic mass is 19.1. The number of halogens is 2. The molecule has 0 fully saturated rings. The molecular weight excluding hydrogens is 214 g/mol. The number of carbonyl (C=O) groups is 1. The van der Waals surface area contributed by atoms with Crippen LogP contribution in [0.1, 0.15) is 17.3 Å². The molecule has 2 aromatic rings. The Morgan fingerprint density at radius 2 is 2.12 bits per heavy atom. The largest absolute Gasteiger partial charge is 0.294 e. The molecule has 0 atom stereocenters. The van der Waals surface area contributed by atoms with Crippen molar-refractivity contribution in [1.29, 1.82) is 0 Å². The zero-order valence-electron chi connectivity index (χ0n) is 8.45. The first-order valence-corrected chi connectivity index (χ1v) is 4.60. The van der Waals surface area contributed by atoms with Gasteiger partial charge in [-0.05, 0) is 25.1 Å². The molecular formula is C11H8F2N2O. The van der Waals surface area contributed by atoms with Gasteiger partial charge in [0.05, 0.1) is 17.4 Å². The summed E-state index contributed by atoms with van der Waals surface area (Å²) in [6.07, 6.45) is 1.13. The predicted molar refractivity (Wildman–Crippen MR) is 53.5 cm³/mol. The number of hydrogen-bond acceptors (Lipinski definition) is 2. The molecule has 3 nitrogen and oxygen atoms in total. The summed E-state index contributed by atoms with van der Waals surface area (Å²) < 4.78 is 27.5. The van der Waals surface area contributed by atoms with Crippen LogP contribution in [-0.4, -0.2) is 15.6 Å². The van der Waals surface area contributed by atoms with Crippen LogP contribution >= 0.6 is 0 Å². The maximum atomic E-state index is 13.7. The lowest BCUT2D eigenvalue weighted by molar-refractivity contribution is 0.101. The monoisotopic (exact) mass is 222 g/mol. The minimum atomic E-state index is -0.780. The standard InChI is InChI=1S/C11H8F2N2O/c1-7(16)10-6-14-15(11(10)13)9-4-2-3-8(12)5-9/h2-6H,1H3. The number of rotatable bonds is 2. The maximum Gasteiger partial charge on any atom is 0.227 e. The van der Waals surface area contributed by atoms with Gasteiger partial charge in [-0.15, -0.1) is 0 Å². The fourth-order valence-electron chi connectivity index (χ4n) is 1.36. The van der Waals surface area contributed by atoms with Crippen LogP contribution in [0.25, 0.3) is 5.69 Å². The molecule has 2 rings (SSSR count). The second-order valence-corrected chi connectivity index (χ2v) is 3.30. The Morgan fingerprint density at radius 3 is 2.69 bits per heavy atom. The lowest BCUT2D eigenvalue weighted by Crippen LogP contribution is -2.02. The van der Waals surface area contributed by atoms with E-state index in [2.05, 4.69) is 5.10 Å². The highest BCUT2D eigenvalue weighted by Crippen LogP contribution is 2.14. The SMILES string of the molecule is CC(=O)c1cnn(-c2cccc(F)c2)c1F. The van der Waals surface area contributed by atoms with Crippen LogP contribution in [0.3, 0.4) is 0 Å². The molecule has 5 heteroatoms. The average molecular weight is 222 g/mol. The van der Waals surface area contributed by atoms with E-state index in [9.17, 15) is 13.6 Å². The van der Waals surface area contributed by atoms with E-state index in [4.69, 9.17) is 0 Å². The number of aromatic nitrogens is 2. The molecule has 1 aromatic carbocycles. The molecule has 82 valence electrons. The van der Waals surface area contributed by atoms with Crippen LogP contribution in [0, 0.1) is 11.8 Å². The predicted octanol–water partition coefficient (Wildman–Crippen LogP) is 2.35. The van der Waals surface area contributed by atoms with Crippen molar-refractivity contribution in [3.8, 4) is 5.69 Å². The van der Waals surface area contributed by atoms with E-state index in [0.29, 0.717) is 0 Å². The van der Waals surface area contributed by atoms with Crippen molar-refractivity contribution in [2.75, 3.05) is 0 Å². The topological polar surface area (TPSA) is 34.9 Å². The second-order valence-electron chi connectivity index (χ2n) is 3.30. The molecule has 0 aliphatic heterocycles. The number of nitrogens with zero attached hydrogens (tertiary/aromatic N) is 2. The quantitative estimate of drug-likeness (QED) is 0.731. The Bertz CT molecular complexity index is 549. The van der Waals surface area contributed by atoms with Crippen molar-refractivity contribution in [2.24, 2.45) is 0 Å². The lowest BCUT2D eigenvalue weighted by atomic mass is 10.2. The summed E-state index contributed by atoms with van der Waals surface area (Å²) in [5.74, 6) is -1.69. The van der Waals surface area contributed by atoms with E-state index in [0.717, 1.165) is 16.9 Å². The molecule has 0 saturated heterocycles. The van der Waals surface area contributed by atoms with Crippen LogP contribution in [-0.2, 0) is 0 Å². The molecule has 0 radical (unpaired) electrons. The number of carbonyl (C=O) groups excluding carboxylic acids is 1. The fraction of sp³-hybridized carbons (Fsp3) is 0.0909. The van der Waals surface area contributed by atoms with Crippen molar-refractivity contribution in [2.45, 2.75) is 6.92 Å². The minimum Gasteiger partial charge on any atom is -0.294 e. The Labute approximate surface area is 90.3 Å². The molecule has 16 heavy (non-hydrogen) atoms. The fourth-order valence-corrected chi connectivity index (χ4v) is 1.36. The molecule has 0 amide bonds. The van der Waals surface area contributed by atoms with E-state index in [-0.39, 0.29) is 11.3 Å². The second kappa shape index (κ2) is 3.84. The van der Waals surface area contributed by atoms with Crippen LogP contribution in [0.4, 0.5) is 8.78 Å².